The number of hydrogen-bond acceptors (Lipinski definition) is 4. The predicted molar refractivity (Wildman–Crippen MR) is 109 cm³/mol. The van der Waals surface area contributed by atoms with Gasteiger partial charge in [-0.25, -0.2) is 0 Å². The van der Waals surface area contributed by atoms with Gasteiger partial charge in [0, 0.05) is 22.6 Å². The Morgan fingerprint density at radius 1 is 1.04 bits per heavy atom. The van der Waals surface area contributed by atoms with Crippen LogP contribution in [0.15, 0.2) is 46.9 Å². The molecular weight excluding hydrogens is 412 g/mol. The molecule has 2 N–H and O–H groups in total. The zero-order valence-corrected chi connectivity index (χ0v) is 17.0. The molecule has 2 aromatic rings. The third-order valence-corrected chi connectivity index (χ3v) is 4.23. The summed E-state index contributed by atoms with van der Waals surface area (Å²) < 4.78 is 11.7. The molecule has 0 radical (unpaired) electrons. The van der Waals surface area contributed by atoms with Gasteiger partial charge in [-0.05, 0) is 42.8 Å². The highest BCUT2D eigenvalue weighted by molar-refractivity contribution is 9.10. The Kier molecular flexibility index (Phi) is 8.13. The molecule has 27 heavy (non-hydrogen) atoms. The van der Waals surface area contributed by atoms with Gasteiger partial charge in [-0.3, -0.25) is 9.59 Å². The van der Waals surface area contributed by atoms with E-state index >= 15 is 0 Å². The van der Waals surface area contributed by atoms with Crippen LogP contribution in [0.5, 0.6) is 11.5 Å². The van der Waals surface area contributed by atoms with Gasteiger partial charge in [-0.1, -0.05) is 29.3 Å². The standard InChI is InChI=1S/C20H23BrN2O4/c1-3-4-5-19(24)23-17-11-8-15(12-18(17)26-2)22-20(25)13-27-16-9-6-14(21)7-10-16/h6-12H,3-5,13H2,1-2H3,(H,22,25)(H,23,24). The molecule has 0 spiro atoms. The van der Waals surface area contributed by atoms with E-state index < -0.39 is 0 Å². The number of benzene rings is 2. The first-order valence-electron chi connectivity index (χ1n) is 8.68. The van der Waals surface area contributed by atoms with Gasteiger partial charge in [0.2, 0.25) is 5.91 Å². The Morgan fingerprint density at radius 3 is 2.44 bits per heavy atom. The maximum absolute atomic E-state index is 12.1. The van der Waals surface area contributed by atoms with Crippen LogP contribution in [0.2, 0.25) is 0 Å². The Morgan fingerprint density at radius 2 is 1.78 bits per heavy atom. The summed E-state index contributed by atoms with van der Waals surface area (Å²) in [6.45, 7) is 1.92. The number of anilines is 2. The van der Waals surface area contributed by atoms with Crippen LogP contribution in [0.3, 0.4) is 0 Å². The van der Waals surface area contributed by atoms with Gasteiger partial charge in [0.05, 0.1) is 12.8 Å². The number of methoxy groups -OCH3 is 1. The molecule has 2 aromatic carbocycles. The van der Waals surface area contributed by atoms with Crippen LogP contribution >= 0.6 is 15.9 Å². The smallest absolute Gasteiger partial charge is 0.262 e. The first-order valence-corrected chi connectivity index (χ1v) is 9.47. The molecule has 0 saturated heterocycles. The zero-order chi connectivity index (χ0) is 19.6. The fraction of sp³-hybridized carbons (Fsp3) is 0.300. The highest BCUT2D eigenvalue weighted by Gasteiger charge is 2.10. The van der Waals surface area contributed by atoms with E-state index in [0.717, 1.165) is 17.3 Å². The minimum atomic E-state index is -0.292. The number of hydrogen-bond donors (Lipinski definition) is 2. The second-order valence-electron chi connectivity index (χ2n) is 5.86. The van der Waals surface area contributed by atoms with Crippen LogP contribution in [0.4, 0.5) is 11.4 Å². The van der Waals surface area contributed by atoms with Crippen LogP contribution in [0.25, 0.3) is 0 Å². The van der Waals surface area contributed by atoms with Crippen LogP contribution in [-0.2, 0) is 9.59 Å². The third-order valence-electron chi connectivity index (χ3n) is 3.70. The average molecular weight is 435 g/mol. The molecule has 2 rings (SSSR count). The van der Waals surface area contributed by atoms with Crippen molar-refractivity contribution in [3.8, 4) is 11.5 Å². The van der Waals surface area contributed by atoms with E-state index in [1.165, 1.54) is 7.11 Å². The fourth-order valence-corrected chi connectivity index (χ4v) is 2.56. The van der Waals surface area contributed by atoms with Crippen LogP contribution in [-0.4, -0.2) is 25.5 Å². The van der Waals surface area contributed by atoms with Gasteiger partial charge in [0.1, 0.15) is 11.5 Å². The molecule has 0 atom stereocenters. The molecule has 144 valence electrons. The molecule has 0 aliphatic rings. The van der Waals surface area contributed by atoms with Gasteiger partial charge in [0.15, 0.2) is 6.61 Å². The van der Waals surface area contributed by atoms with Crippen LogP contribution in [0.1, 0.15) is 26.2 Å². The van der Waals surface area contributed by atoms with Crippen molar-refractivity contribution in [1.82, 2.24) is 0 Å². The van der Waals surface area contributed by atoms with E-state index in [0.29, 0.717) is 29.3 Å². The molecule has 0 aliphatic heterocycles. The number of unbranched alkanes of at least 4 members (excludes halogenated alkanes) is 1. The molecule has 0 aliphatic carbocycles. The molecule has 0 unspecified atom stereocenters. The summed E-state index contributed by atoms with van der Waals surface area (Å²) in [5.74, 6) is 0.733. The topological polar surface area (TPSA) is 76.7 Å². The lowest BCUT2D eigenvalue weighted by Gasteiger charge is -2.13. The summed E-state index contributed by atoms with van der Waals surface area (Å²) in [7, 11) is 1.51. The molecule has 0 heterocycles. The maximum Gasteiger partial charge on any atom is 0.262 e. The van der Waals surface area contributed by atoms with E-state index in [1.807, 2.05) is 19.1 Å². The second kappa shape index (κ2) is 10.6. The minimum absolute atomic E-state index is 0.0603. The van der Waals surface area contributed by atoms with Gasteiger partial charge in [-0.15, -0.1) is 0 Å². The quantitative estimate of drug-likeness (QED) is 0.604. The summed E-state index contributed by atoms with van der Waals surface area (Å²) in [6, 6.07) is 12.3. The third kappa shape index (κ3) is 6.94. The number of rotatable bonds is 9. The first-order chi connectivity index (χ1) is 13.0. The molecule has 0 saturated carbocycles. The van der Waals surface area contributed by atoms with E-state index in [2.05, 4.69) is 26.6 Å². The summed E-state index contributed by atoms with van der Waals surface area (Å²) in [4.78, 5) is 24.0. The summed E-state index contributed by atoms with van der Waals surface area (Å²) >= 11 is 3.34. The van der Waals surface area contributed by atoms with Crippen molar-refractivity contribution in [1.29, 1.82) is 0 Å². The lowest BCUT2D eigenvalue weighted by Crippen LogP contribution is -2.20. The Hall–Kier alpha value is -2.54. The van der Waals surface area contributed by atoms with Crippen LogP contribution < -0.4 is 20.1 Å². The van der Waals surface area contributed by atoms with Gasteiger partial charge in [-0.2, -0.15) is 0 Å². The number of ether oxygens (including phenoxy) is 2. The summed E-state index contributed by atoms with van der Waals surface area (Å²) in [5.41, 5.74) is 1.13. The summed E-state index contributed by atoms with van der Waals surface area (Å²) in [5, 5.41) is 5.57. The average Bonchev–Trinajstić information content (AvgIpc) is 2.67. The Balaban J connectivity index is 1.92. The highest BCUT2D eigenvalue weighted by Crippen LogP contribution is 2.28. The lowest BCUT2D eigenvalue weighted by molar-refractivity contribution is -0.118. The maximum atomic E-state index is 12.1. The highest BCUT2D eigenvalue weighted by atomic mass is 79.9. The number of carbonyl (C=O) groups is 2. The number of carbonyl (C=O) groups excluding carboxylic acids is 2. The van der Waals surface area contributed by atoms with E-state index in [4.69, 9.17) is 9.47 Å². The SMILES string of the molecule is CCCCC(=O)Nc1ccc(NC(=O)COc2ccc(Br)cc2)cc1OC. The van der Waals surface area contributed by atoms with Crippen molar-refractivity contribution >= 4 is 39.1 Å². The number of amides is 2. The second-order valence-corrected chi connectivity index (χ2v) is 6.77. The zero-order valence-electron chi connectivity index (χ0n) is 15.4. The monoisotopic (exact) mass is 434 g/mol. The van der Waals surface area contributed by atoms with Gasteiger partial charge in [0.25, 0.3) is 5.91 Å². The first kappa shape index (κ1) is 20.8. The van der Waals surface area contributed by atoms with Crippen molar-refractivity contribution in [3.63, 3.8) is 0 Å². The molecule has 0 aromatic heterocycles. The van der Waals surface area contributed by atoms with Crippen molar-refractivity contribution in [3.05, 3.63) is 46.9 Å². The molecule has 0 fully saturated rings. The van der Waals surface area contributed by atoms with Crippen LogP contribution in [0, 0.1) is 0 Å². The lowest BCUT2D eigenvalue weighted by atomic mass is 10.2. The largest absolute Gasteiger partial charge is 0.494 e. The van der Waals surface area contributed by atoms with E-state index in [-0.39, 0.29) is 18.4 Å². The Bertz CT molecular complexity index is 778. The normalized spacial score (nSPS) is 10.2. The van der Waals surface area contributed by atoms with Gasteiger partial charge >= 0.3 is 0 Å². The van der Waals surface area contributed by atoms with Crippen molar-refractivity contribution in [2.75, 3.05) is 24.4 Å². The number of halogens is 1. The van der Waals surface area contributed by atoms with E-state index in [1.54, 1.807) is 30.3 Å². The molecule has 7 heteroatoms. The van der Waals surface area contributed by atoms with Crippen molar-refractivity contribution in [2.24, 2.45) is 0 Å². The number of nitrogens with one attached hydrogen (secondary N) is 2. The Labute approximate surface area is 167 Å². The van der Waals surface area contributed by atoms with E-state index in [9.17, 15) is 9.59 Å². The summed E-state index contributed by atoms with van der Waals surface area (Å²) in [6.07, 6.45) is 2.25. The fourth-order valence-electron chi connectivity index (χ4n) is 2.30. The van der Waals surface area contributed by atoms with Crippen molar-refractivity contribution < 1.29 is 19.1 Å². The van der Waals surface area contributed by atoms with Crippen molar-refractivity contribution in [2.45, 2.75) is 26.2 Å². The molecule has 0 bridgehead atoms. The predicted octanol–water partition coefficient (Wildman–Crippen LogP) is 4.60. The minimum Gasteiger partial charge on any atom is -0.494 e. The van der Waals surface area contributed by atoms with Gasteiger partial charge < -0.3 is 20.1 Å². The molecule has 6 nitrogen and oxygen atoms in total. The molecular formula is C20H23BrN2O4. The molecule has 2 amide bonds.